The van der Waals surface area contributed by atoms with E-state index in [-0.39, 0.29) is 0 Å². The van der Waals surface area contributed by atoms with Gasteiger partial charge in [0.25, 0.3) is 0 Å². The van der Waals surface area contributed by atoms with Crippen molar-refractivity contribution in [2.75, 3.05) is 5.32 Å². The van der Waals surface area contributed by atoms with Crippen LogP contribution in [0.2, 0.25) is 0 Å². The van der Waals surface area contributed by atoms with E-state index in [0.29, 0.717) is 6.04 Å². The molecule has 1 heterocycles. The Balaban J connectivity index is 2.63. The van der Waals surface area contributed by atoms with Crippen molar-refractivity contribution in [3.05, 3.63) is 23.9 Å². The number of aryl methyl sites for hydroxylation is 1. The maximum Gasteiger partial charge on any atom is 0.129 e. The van der Waals surface area contributed by atoms with E-state index in [2.05, 4.69) is 44.1 Å². The van der Waals surface area contributed by atoms with E-state index in [0.717, 1.165) is 18.2 Å². The molecule has 1 N–H and O–H groups in total. The van der Waals surface area contributed by atoms with Gasteiger partial charge in [0.2, 0.25) is 0 Å². The summed E-state index contributed by atoms with van der Waals surface area (Å²) in [6, 6.07) is 4.62. The van der Waals surface area contributed by atoms with Gasteiger partial charge in [-0.2, -0.15) is 0 Å². The van der Waals surface area contributed by atoms with Crippen LogP contribution in [-0.2, 0) is 6.42 Å². The minimum atomic E-state index is 0.491. The predicted octanol–water partition coefficient (Wildman–Crippen LogP) is 3.49. The van der Waals surface area contributed by atoms with Crippen molar-refractivity contribution in [2.45, 2.75) is 46.6 Å². The van der Waals surface area contributed by atoms with Crippen LogP contribution in [0.25, 0.3) is 0 Å². The molecule has 2 heteroatoms. The molecular formula is C13H22N2. The lowest BCUT2D eigenvalue weighted by molar-refractivity contribution is 0.538. The van der Waals surface area contributed by atoms with Gasteiger partial charge in [-0.15, -0.1) is 0 Å². The monoisotopic (exact) mass is 206 g/mol. The molecule has 0 aliphatic rings. The Morgan fingerprint density at radius 2 is 2.07 bits per heavy atom. The number of rotatable bonds is 5. The van der Waals surface area contributed by atoms with E-state index in [1.165, 1.54) is 12.0 Å². The topological polar surface area (TPSA) is 24.9 Å². The molecule has 0 aliphatic heterocycles. The van der Waals surface area contributed by atoms with E-state index in [9.17, 15) is 0 Å². The van der Waals surface area contributed by atoms with Gasteiger partial charge >= 0.3 is 0 Å². The Hall–Kier alpha value is -1.05. The van der Waals surface area contributed by atoms with Crippen LogP contribution in [0.15, 0.2) is 18.3 Å². The van der Waals surface area contributed by atoms with Crippen molar-refractivity contribution in [3.63, 3.8) is 0 Å². The van der Waals surface area contributed by atoms with Crippen LogP contribution in [0, 0.1) is 5.92 Å². The molecule has 1 aromatic heterocycles. The number of hydrogen-bond acceptors (Lipinski definition) is 2. The summed E-state index contributed by atoms with van der Waals surface area (Å²) in [4.78, 5) is 4.39. The minimum absolute atomic E-state index is 0.491. The molecule has 0 spiro atoms. The van der Waals surface area contributed by atoms with Crippen molar-refractivity contribution in [3.8, 4) is 0 Å². The number of hydrogen-bond donors (Lipinski definition) is 1. The summed E-state index contributed by atoms with van der Waals surface area (Å²) in [6.45, 7) is 8.87. The lowest BCUT2D eigenvalue weighted by Crippen LogP contribution is -2.19. The van der Waals surface area contributed by atoms with Crippen molar-refractivity contribution in [2.24, 2.45) is 5.92 Å². The summed E-state index contributed by atoms with van der Waals surface area (Å²) in [5.74, 6) is 1.77. The van der Waals surface area contributed by atoms with Crippen molar-refractivity contribution in [1.29, 1.82) is 0 Å². The molecule has 0 fully saturated rings. The molecule has 0 saturated carbocycles. The smallest absolute Gasteiger partial charge is 0.129 e. The van der Waals surface area contributed by atoms with Gasteiger partial charge in [-0.3, -0.25) is 0 Å². The highest BCUT2D eigenvalue weighted by Gasteiger charge is 2.07. The van der Waals surface area contributed by atoms with Gasteiger partial charge < -0.3 is 5.32 Å². The summed E-state index contributed by atoms with van der Waals surface area (Å²) in [5.41, 5.74) is 1.30. The first-order valence-electron chi connectivity index (χ1n) is 5.84. The lowest BCUT2D eigenvalue weighted by Gasteiger charge is -2.18. The van der Waals surface area contributed by atoms with Gasteiger partial charge in [-0.25, -0.2) is 4.98 Å². The largest absolute Gasteiger partial charge is 0.367 e. The molecule has 0 aromatic carbocycles. The molecule has 1 aromatic rings. The molecule has 0 aliphatic carbocycles. The van der Waals surface area contributed by atoms with Crippen LogP contribution in [0.5, 0.6) is 0 Å². The quantitative estimate of drug-likeness (QED) is 0.797. The van der Waals surface area contributed by atoms with E-state index < -0.39 is 0 Å². The zero-order valence-corrected chi connectivity index (χ0v) is 10.2. The Bertz CT molecular complexity index is 294. The highest BCUT2D eigenvalue weighted by atomic mass is 15.0. The molecule has 1 rings (SSSR count). The van der Waals surface area contributed by atoms with E-state index in [1.54, 1.807) is 0 Å². The van der Waals surface area contributed by atoms with Crippen molar-refractivity contribution < 1.29 is 0 Å². The zero-order chi connectivity index (χ0) is 11.3. The molecule has 1 atom stereocenters. The first kappa shape index (κ1) is 12.0. The minimum Gasteiger partial charge on any atom is -0.367 e. The molecule has 0 radical (unpaired) electrons. The molecule has 1 unspecified atom stereocenters. The normalized spacial score (nSPS) is 12.9. The van der Waals surface area contributed by atoms with Crippen LogP contribution in [0.3, 0.4) is 0 Å². The van der Waals surface area contributed by atoms with Crippen LogP contribution in [-0.4, -0.2) is 11.0 Å². The zero-order valence-electron chi connectivity index (χ0n) is 10.2. The van der Waals surface area contributed by atoms with Crippen LogP contribution >= 0.6 is 0 Å². The summed E-state index contributed by atoms with van der Waals surface area (Å²) in [5, 5.41) is 3.48. The van der Waals surface area contributed by atoms with E-state index >= 15 is 0 Å². The molecule has 2 nitrogen and oxygen atoms in total. The standard InChI is InChI=1S/C13H22N2/c1-5-12-7-6-8-14-13(12)15-11(4)9-10(2)3/h6-8,10-11H,5,9H2,1-4H3,(H,14,15). The fraction of sp³-hybridized carbons (Fsp3) is 0.615. The molecule has 0 bridgehead atoms. The average Bonchev–Trinajstić information content (AvgIpc) is 2.17. The van der Waals surface area contributed by atoms with Crippen molar-refractivity contribution >= 4 is 5.82 Å². The number of nitrogens with zero attached hydrogens (tertiary/aromatic N) is 1. The van der Waals surface area contributed by atoms with Gasteiger partial charge in [0.05, 0.1) is 0 Å². The third-order valence-electron chi connectivity index (χ3n) is 2.48. The fourth-order valence-electron chi connectivity index (χ4n) is 1.85. The van der Waals surface area contributed by atoms with Gasteiger partial charge in [0.15, 0.2) is 0 Å². The molecule has 84 valence electrons. The highest BCUT2D eigenvalue weighted by molar-refractivity contribution is 5.44. The second-order valence-corrected chi connectivity index (χ2v) is 4.54. The molecule has 15 heavy (non-hydrogen) atoms. The van der Waals surface area contributed by atoms with E-state index in [1.807, 2.05) is 12.3 Å². The number of anilines is 1. The van der Waals surface area contributed by atoms with Gasteiger partial charge in [-0.1, -0.05) is 26.8 Å². The summed E-state index contributed by atoms with van der Waals surface area (Å²) >= 11 is 0. The second-order valence-electron chi connectivity index (χ2n) is 4.54. The third kappa shape index (κ3) is 3.90. The van der Waals surface area contributed by atoms with Gasteiger partial charge in [0, 0.05) is 12.2 Å². The lowest BCUT2D eigenvalue weighted by atomic mass is 10.0. The van der Waals surface area contributed by atoms with E-state index in [4.69, 9.17) is 0 Å². The van der Waals surface area contributed by atoms with Crippen LogP contribution in [0.1, 0.15) is 39.7 Å². The Labute approximate surface area is 93.1 Å². The molecule has 0 amide bonds. The first-order valence-corrected chi connectivity index (χ1v) is 5.84. The fourth-order valence-corrected chi connectivity index (χ4v) is 1.85. The second kappa shape index (κ2) is 5.74. The van der Waals surface area contributed by atoms with Crippen LogP contribution < -0.4 is 5.32 Å². The maximum atomic E-state index is 4.39. The van der Waals surface area contributed by atoms with Crippen molar-refractivity contribution in [1.82, 2.24) is 4.98 Å². The molecular weight excluding hydrogens is 184 g/mol. The van der Waals surface area contributed by atoms with Crippen LogP contribution in [0.4, 0.5) is 5.82 Å². The average molecular weight is 206 g/mol. The number of aromatic nitrogens is 1. The van der Waals surface area contributed by atoms with Gasteiger partial charge in [0.1, 0.15) is 5.82 Å². The summed E-state index contributed by atoms with van der Waals surface area (Å²) in [7, 11) is 0. The highest BCUT2D eigenvalue weighted by Crippen LogP contribution is 2.15. The molecule has 0 saturated heterocycles. The Morgan fingerprint density at radius 1 is 1.33 bits per heavy atom. The third-order valence-corrected chi connectivity index (χ3v) is 2.48. The van der Waals surface area contributed by atoms with Gasteiger partial charge in [-0.05, 0) is 37.3 Å². The summed E-state index contributed by atoms with van der Waals surface area (Å²) in [6.07, 6.45) is 4.06. The Morgan fingerprint density at radius 3 is 2.67 bits per heavy atom. The number of nitrogens with one attached hydrogen (secondary N) is 1. The Kier molecular flexibility index (Phi) is 4.60. The first-order chi connectivity index (χ1) is 7.13. The maximum absolute atomic E-state index is 4.39. The summed E-state index contributed by atoms with van der Waals surface area (Å²) < 4.78 is 0. The SMILES string of the molecule is CCc1cccnc1NC(C)CC(C)C. The predicted molar refractivity (Wildman–Crippen MR) is 66.2 cm³/mol. The number of pyridine rings is 1.